The minimum absolute atomic E-state index is 0.0557. The summed E-state index contributed by atoms with van der Waals surface area (Å²) >= 11 is 0. The van der Waals surface area contributed by atoms with Gasteiger partial charge in [0.2, 0.25) is 5.91 Å². The lowest BCUT2D eigenvalue weighted by molar-refractivity contribution is -0.151. The largest absolute Gasteiger partial charge is 0.462 e. The molecule has 6 nitrogen and oxygen atoms in total. The van der Waals surface area contributed by atoms with Gasteiger partial charge in [0.15, 0.2) is 0 Å². The molecule has 3 atom stereocenters. The number of ether oxygens (including phenoxy) is 1. The molecule has 3 unspecified atom stereocenters. The summed E-state index contributed by atoms with van der Waals surface area (Å²) in [7, 11) is 0. The lowest BCUT2D eigenvalue weighted by atomic mass is 10.0. The molecule has 0 bridgehead atoms. The molecule has 0 rings (SSSR count). The lowest BCUT2D eigenvalue weighted by Gasteiger charge is -2.24. The summed E-state index contributed by atoms with van der Waals surface area (Å²) in [5.41, 5.74) is 0. The Bertz CT molecular complexity index is 1010. The van der Waals surface area contributed by atoms with Gasteiger partial charge < -0.3 is 20.3 Å². The van der Waals surface area contributed by atoms with Gasteiger partial charge in [-0.05, 0) is 64.2 Å². The second kappa shape index (κ2) is 49.1. The number of aliphatic hydroxyl groups excluding tert-OH is 2. The second-order valence-corrected chi connectivity index (χ2v) is 18.3. The number of rotatable bonds is 48. The summed E-state index contributed by atoms with van der Waals surface area (Å²) in [6.45, 7) is 6.46. The number of esters is 1. The van der Waals surface area contributed by atoms with Crippen molar-refractivity contribution in [1.82, 2.24) is 5.32 Å². The van der Waals surface area contributed by atoms with Crippen LogP contribution in [0, 0.1) is 0 Å². The van der Waals surface area contributed by atoms with Gasteiger partial charge in [-0.3, -0.25) is 9.59 Å². The first kappa shape index (κ1) is 59.1. The van der Waals surface area contributed by atoms with Crippen LogP contribution in [0.2, 0.25) is 0 Å². The van der Waals surface area contributed by atoms with Gasteiger partial charge >= 0.3 is 5.97 Å². The van der Waals surface area contributed by atoms with Crippen LogP contribution in [-0.4, -0.2) is 46.9 Å². The second-order valence-electron chi connectivity index (χ2n) is 18.3. The number of hydrogen-bond acceptors (Lipinski definition) is 5. The lowest BCUT2D eigenvalue weighted by Crippen LogP contribution is -2.46. The third-order valence-corrected chi connectivity index (χ3v) is 12.2. The third kappa shape index (κ3) is 44.5. The van der Waals surface area contributed by atoms with E-state index in [1.165, 1.54) is 161 Å². The van der Waals surface area contributed by atoms with E-state index in [0.29, 0.717) is 19.3 Å². The molecule has 0 aliphatic carbocycles. The molecule has 0 aromatic heterocycles. The van der Waals surface area contributed by atoms with E-state index in [2.05, 4.69) is 62.5 Å². The number of carbonyl (C=O) groups is 2. The highest BCUT2D eigenvalue weighted by atomic mass is 16.5. The number of nitrogens with one attached hydrogen (secondary N) is 1. The van der Waals surface area contributed by atoms with Crippen molar-refractivity contribution in [3.05, 3.63) is 36.5 Å². The Morgan fingerprint density at radius 2 is 0.836 bits per heavy atom. The zero-order chi connectivity index (χ0) is 44.5. The van der Waals surface area contributed by atoms with Gasteiger partial charge in [-0.2, -0.15) is 0 Å². The molecule has 0 radical (unpaired) electrons. The summed E-state index contributed by atoms with van der Waals surface area (Å²) in [5.74, 6) is -0.500. The fourth-order valence-electron chi connectivity index (χ4n) is 8.14. The van der Waals surface area contributed by atoms with Crippen molar-refractivity contribution < 1.29 is 24.5 Å². The molecule has 0 saturated carbocycles. The molecule has 358 valence electrons. The molecule has 0 spiro atoms. The van der Waals surface area contributed by atoms with Crippen LogP contribution in [-0.2, 0) is 14.3 Å². The maximum atomic E-state index is 13.2. The average Bonchev–Trinajstić information content (AvgIpc) is 3.25. The molecule has 0 fully saturated rings. The van der Waals surface area contributed by atoms with Crippen molar-refractivity contribution in [2.45, 2.75) is 296 Å². The minimum Gasteiger partial charge on any atom is -0.462 e. The van der Waals surface area contributed by atoms with Crippen molar-refractivity contribution in [3.8, 4) is 0 Å². The number of hydrogen-bond donors (Lipinski definition) is 3. The van der Waals surface area contributed by atoms with Gasteiger partial charge in [-0.25, -0.2) is 0 Å². The van der Waals surface area contributed by atoms with Crippen molar-refractivity contribution in [3.63, 3.8) is 0 Å². The zero-order valence-electron chi connectivity index (χ0n) is 40.8. The predicted octanol–water partition coefficient (Wildman–Crippen LogP) is 16.1. The molecule has 0 aliphatic rings. The van der Waals surface area contributed by atoms with Crippen LogP contribution in [0.4, 0.5) is 0 Å². The van der Waals surface area contributed by atoms with Gasteiger partial charge in [-0.15, -0.1) is 0 Å². The molecule has 61 heavy (non-hydrogen) atoms. The Hall–Kier alpha value is -1.92. The molecule has 0 aliphatic heterocycles. The van der Waals surface area contributed by atoms with Gasteiger partial charge in [0.25, 0.3) is 0 Å². The minimum atomic E-state index is -0.795. The number of aliphatic hydroxyl groups is 2. The Morgan fingerprint density at radius 3 is 1.28 bits per heavy atom. The highest BCUT2D eigenvalue weighted by molar-refractivity contribution is 5.77. The maximum Gasteiger partial charge on any atom is 0.306 e. The van der Waals surface area contributed by atoms with E-state index in [1.807, 2.05) is 0 Å². The van der Waals surface area contributed by atoms with Crippen molar-refractivity contribution >= 4 is 11.9 Å². The zero-order valence-corrected chi connectivity index (χ0v) is 40.8. The van der Waals surface area contributed by atoms with Crippen LogP contribution in [0.15, 0.2) is 36.5 Å². The van der Waals surface area contributed by atoms with Crippen LogP contribution >= 0.6 is 0 Å². The van der Waals surface area contributed by atoms with E-state index >= 15 is 0 Å². The van der Waals surface area contributed by atoms with Gasteiger partial charge in [0, 0.05) is 6.42 Å². The molecule has 0 aromatic rings. The van der Waals surface area contributed by atoms with E-state index < -0.39 is 18.2 Å². The van der Waals surface area contributed by atoms with Crippen LogP contribution in [0.25, 0.3) is 0 Å². The topological polar surface area (TPSA) is 95.9 Å². The standard InChI is InChI=1S/C55H103NO5/c1-4-7-10-13-16-19-22-25-27-29-31-34-37-40-43-46-51(61-55(60)48-45-42-39-36-33-28-24-21-18-15-12-9-6-3)49-54(59)56-52(50-57)53(58)47-44-41-38-35-32-30-26-23-20-17-14-11-8-5-2/h16,19,25,27,31,34,51-53,57-58H,4-15,17-18,20-24,26,28-30,32-33,35-50H2,1-3H3,(H,56,59)/b19-16-,27-25-,34-31-. The Balaban J connectivity index is 4.61. The highest BCUT2D eigenvalue weighted by Crippen LogP contribution is 2.18. The first-order valence-electron chi connectivity index (χ1n) is 26.7. The van der Waals surface area contributed by atoms with E-state index in [4.69, 9.17) is 4.74 Å². The molecular formula is C55H103NO5. The summed E-state index contributed by atoms with van der Waals surface area (Å²) in [6.07, 6.45) is 57.7. The van der Waals surface area contributed by atoms with Gasteiger partial charge in [0.1, 0.15) is 6.10 Å². The smallest absolute Gasteiger partial charge is 0.306 e. The highest BCUT2D eigenvalue weighted by Gasteiger charge is 2.24. The maximum absolute atomic E-state index is 13.2. The third-order valence-electron chi connectivity index (χ3n) is 12.2. The number of unbranched alkanes of at least 4 members (excludes halogenated alkanes) is 30. The first-order valence-corrected chi connectivity index (χ1v) is 26.7. The van der Waals surface area contributed by atoms with Crippen molar-refractivity contribution in [2.75, 3.05) is 6.61 Å². The monoisotopic (exact) mass is 858 g/mol. The normalized spacial score (nSPS) is 13.5. The van der Waals surface area contributed by atoms with E-state index in [9.17, 15) is 19.8 Å². The van der Waals surface area contributed by atoms with E-state index in [-0.39, 0.29) is 24.9 Å². The van der Waals surface area contributed by atoms with Crippen LogP contribution in [0.1, 0.15) is 278 Å². The predicted molar refractivity (Wildman–Crippen MR) is 264 cm³/mol. The summed E-state index contributed by atoms with van der Waals surface area (Å²) in [6, 6.07) is -0.711. The number of carbonyl (C=O) groups excluding carboxylic acids is 2. The Morgan fingerprint density at radius 1 is 0.475 bits per heavy atom. The number of amides is 1. The average molecular weight is 858 g/mol. The van der Waals surface area contributed by atoms with Crippen molar-refractivity contribution in [1.29, 1.82) is 0 Å². The molecule has 6 heteroatoms. The van der Waals surface area contributed by atoms with Gasteiger partial charge in [0.05, 0.1) is 25.2 Å². The molecular weight excluding hydrogens is 755 g/mol. The van der Waals surface area contributed by atoms with Crippen molar-refractivity contribution in [2.24, 2.45) is 0 Å². The van der Waals surface area contributed by atoms with Crippen LogP contribution < -0.4 is 5.32 Å². The molecule has 0 saturated heterocycles. The Kier molecular flexibility index (Phi) is 47.6. The summed E-state index contributed by atoms with van der Waals surface area (Å²) < 4.78 is 5.92. The molecule has 1 amide bonds. The van der Waals surface area contributed by atoms with E-state index in [0.717, 1.165) is 70.6 Å². The quantitative estimate of drug-likeness (QED) is 0.0322. The molecule has 3 N–H and O–H groups in total. The fourth-order valence-corrected chi connectivity index (χ4v) is 8.14. The molecule has 0 aromatic carbocycles. The first-order chi connectivity index (χ1) is 30.0. The SMILES string of the molecule is CCCCC/C=C\C/C=C\C/C=C\CCCCC(CC(=O)NC(CO)C(O)CCCCCCCCCCCCCCCC)OC(=O)CCCCCCCCCCCCCCC. The van der Waals surface area contributed by atoms with Gasteiger partial charge in [-0.1, -0.05) is 237 Å². The Labute approximate surface area is 379 Å². The summed E-state index contributed by atoms with van der Waals surface area (Å²) in [4.78, 5) is 26.1. The van der Waals surface area contributed by atoms with Crippen LogP contribution in [0.3, 0.4) is 0 Å². The molecule has 0 heterocycles. The number of allylic oxidation sites excluding steroid dienone is 6. The fraction of sp³-hybridized carbons (Fsp3) is 0.855. The summed E-state index contributed by atoms with van der Waals surface area (Å²) in [5, 5.41) is 23.8. The van der Waals surface area contributed by atoms with Crippen LogP contribution in [0.5, 0.6) is 0 Å². The van der Waals surface area contributed by atoms with E-state index in [1.54, 1.807) is 0 Å².